The van der Waals surface area contributed by atoms with Crippen molar-refractivity contribution in [3.63, 3.8) is 0 Å². The minimum Gasteiger partial charge on any atom is -0.397 e. The van der Waals surface area contributed by atoms with Crippen LogP contribution in [0.1, 0.15) is 31.2 Å². The van der Waals surface area contributed by atoms with Crippen LogP contribution in [0, 0.1) is 0 Å². The lowest BCUT2D eigenvalue weighted by molar-refractivity contribution is 0.394. The summed E-state index contributed by atoms with van der Waals surface area (Å²) in [6.07, 6.45) is 6.07. The van der Waals surface area contributed by atoms with Crippen LogP contribution in [0.5, 0.6) is 0 Å². The molecule has 4 heteroatoms. The van der Waals surface area contributed by atoms with Crippen molar-refractivity contribution < 1.29 is 0 Å². The number of aryl methyl sites for hydroxylation is 1. The highest BCUT2D eigenvalue weighted by Crippen LogP contribution is 2.27. The fourth-order valence-electron chi connectivity index (χ4n) is 3.07. The van der Waals surface area contributed by atoms with Gasteiger partial charge in [0, 0.05) is 13.1 Å². The van der Waals surface area contributed by atoms with Crippen LogP contribution in [0.25, 0.3) is 0 Å². The number of hydrogen-bond donors (Lipinski definition) is 2. The molecule has 22 heavy (non-hydrogen) atoms. The highest BCUT2D eigenvalue weighted by Gasteiger charge is 2.14. The van der Waals surface area contributed by atoms with E-state index in [2.05, 4.69) is 47.4 Å². The normalized spacial score (nSPS) is 15.0. The molecule has 4 nitrogen and oxygen atoms in total. The molecule has 0 atom stereocenters. The molecule has 3 N–H and O–H groups in total. The van der Waals surface area contributed by atoms with Gasteiger partial charge in [-0.05, 0) is 83.5 Å². The van der Waals surface area contributed by atoms with Crippen LogP contribution in [-0.4, -0.2) is 51.7 Å². The molecule has 1 aromatic rings. The second-order valence-corrected chi connectivity index (χ2v) is 6.60. The zero-order valence-corrected chi connectivity index (χ0v) is 14.3. The summed E-state index contributed by atoms with van der Waals surface area (Å²) in [5, 5.41) is 3.52. The Balaban J connectivity index is 1.67. The Morgan fingerprint density at radius 3 is 2.55 bits per heavy atom. The average molecular weight is 304 g/mol. The van der Waals surface area contributed by atoms with Gasteiger partial charge in [-0.2, -0.15) is 0 Å². The Bertz CT molecular complexity index is 439. The molecule has 2 rings (SSSR count). The van der Waals surface area contributed by atoms with Gasteiger partial charge in [0.25, 0.3) is 0 Å². The van der Waals surface area contributed by atoms with Crippen LogP contribution >= 0.6 is 0 Å². The van der Waals surface area contributed by atoms with Crippen LogP contribution in [0.15, 0.2) is 18.2 Å². The van der Waals surface area contributed by atoms with Gasteiger partial charge < -0.3 is 20.9 Å². The fraction of sp³-hybridized carbons (Fsp3) is 0.667. The Kier molecular flexibility index (Phi) is 7.00. The quantitative estimate of drug-likeness (QED) is 0.543. The summed E-state index contributed by atoms with van der Waals surface area (Å²) in [5.41, 5.74) is 9.76. The third-order valence-electron chi connectivity index (χ3n) is 4.32. The van der Waals surface area contributed by atoms with Crippen LogP contribution in [0.3, 0.4) is 0 Å². The molecule has 0 saturated carbocycles. The molecular formula is C18H32N4. The number of benzene rings is 1. The van der Waals surface area contributed by atoms with E-state index in [0.717, 1.165) is 44.8 Å². The first-order valence-corrected chi connectivity index (χ1v) is 8.65. The minimum absolute atomic E-state index is 0.943. The second kappa shape index (κ2) is 9.01. The Morgan fingerprint density at radius 1 is 1.14 bits per heavy atom. The molecule has 0 radical (unpaired) electrons. The van der Waals surface area contributed by atoms with Crippen molar-refractivity contribution in [2.75, 3.05) is 57.5 Å². The zero-order valence-electron chi connectivity index (χ0n) is 14.3. The van der Waals surface area contributed by atoms with E-state index in [1.54, 1.807) is 0 Å². The Morgan fingerprint density at radius 2 is 1.86 bits per heavy atom. The van der Waals surface area contributed by atoms with Crippen molar-refractivity contribution in [1.82, 2.24) is 10.2 Å². The summed E-state index contributed by atoms with van der Waals surface area (Å²) < 4.78 is 0. The van der Waals surface area contributed by atoms with Crippen molar-refractivity contribution in [2.45, 2.75) is 32.1 Å². The minimum atomic E-state index is 0.943. The van der Waals surface area contributed by atoms with Crippen molar-refractivity contribution in [1.29, 1.82) is 0 Å². The molecule has 1 fully saturated rings. The molecule has 1 heterocycles. The van der Waals surface area contributed by atoms with E-state index >= 15 is 0 Å². The highest BCUT2D eigenvalue weighted by atomic mass is 15.1. The van der Waals surface area contributed by atoms with Gasteiger partial charge in [0.05, 0.1) is 11.4 Å². The molecule has 1 aliphatic rings. The summed E-state index contributed by atoms with van der Waals surface area (Å²) >= 11 is 0. The SMILES string of the molecule is CN(C)CCCNCCCc1ccc(N2CCCC2)c(N)c1. The van der Waals surface area contributed by atoms with Gasteiger partial charge >= 0.3 is 0 Å². The fourth-order valence-corrected chi connectivity index (χ4v) is 3.07. The predicted molar refractivity (Wildman–Crippen MR) is 96.7 cm³/mol. The van der Waals surface area contributed by atoms with Gasteiger partial charge in [0.2, 0.25) is 0 Å². The van der Waals surface area contributed by atoms with Crippen molar-refractivity contribution in [3.05, 3.63) is 23.8 Å². The number of anilines is 2. The molecule has 0 spiro atoms. The van der Waals surface area contributed by atoms with Gasteiger partial charge in [-0.15, -0.1) is 0 Å². The molecule has 1 saturated heterocycles. The molecule has 0 bridgehead atoms. The number of hydrogen-bond acceptors (Lipinski definition) is 4. The van der Waals surface area contributed by atoms with E-state index in [-0.39, 0.29) is 0 Å². The van der Waals surface area contributed by atoms with Gasteiger partial charge in [-0.1, -0.05) is 6.07 Å². The summed E-state index contributed by atoms with van der Waals surface area (Å²) in [7, 11) is 4.24. The van der Waals surface area contributed by atoms with Crippen LogP contribution in [-0.2, 0) is 6.42 Å². The average Bonchev–Trinajstić information content (AvgIpc) is 3.00. The van der Waals surface area contributed by atoms with E-state index in [9.17, 15) is 0 Å². The molecule has 0 aliphatic carbocycles. The first-order valence-electron chi connectivity index (χ1n) is 8.65. The van der Waals surface area contributed by atoms with Crippen LogP contribution in [0.4, 0.5) is 11.4 Å². The van der Waals surface area contributed by atoms with Crippen LogP contribution in [0.2, 0.25) is 0 Å². The summed E-state index contributed by atoms with van der Waals surface area (Å²) in [5.74, 6) is 0. The standard InChI is InChI=1S/C18H32N4/c1-21(2)12-6-11-20-10-5-7-16-8-9-18(17(19)15-16)22-13-3-4-14-22/h8-9,15,20H,3-7,10-14,19H2,1-2H3. The molecule has 0 amide bonds. The number of nitrogens with one attached hydrogen (secondary N) is 1. The smallest absolute Gasteiger partial charge is 0.0600 e. The van der Waals surface area contributed by atoms with Gasteiger partial charge in [0.15, 0.2) is 0 Å². The second-order valence-electron chi connectivity index (χ2n) is 6.60. The molecule has 0 unspecified atom stereocenters. The number of rotatable bonds is 9. The molecular weight excluding hydrogens is 272 g/mol. The molecule has 124 valence electrons. The lowest BCUT2D eigenvalue weighted by Crippen LogP contribution is -2.22. The van der Waals surface area contributed by atoms with E-state index in [1.165, 1.54) is 36.9 Å². The molecule has 1 aliphatic heterocycles. The third kappa shape index (κ3) is 5.50. The maximum Gasteiger partial charge on any atom is 0.0600 e. The number of nitrogens with two attached hydrogens (primary N) is 1. The lowest BCUT2D eigenvalue weighted by Gasteiger charge is -2.20. The van der Waals surface area contributed by atoms with Gasteiger partial charge in [-0.3, -0.25) is 0 Å². The van der Waals surface area contributed by atoms with E-state index in [0.29, 0.717) is 0 Å². The largest absolute Gasteiger partial charge is 0.397 e. The first kappa shape index (κ1) is 17.1. The van der Waals surface area contributed by atoms with Gasteiger partial charge in [-0.25, -0.2) is 0 Å². The molecule has 1 aromatic carbocycles. The first-order chi connectivity index (χ1) is 10.7. The summed E-state index contributed by atoms with van der Waals surface area (Å²) in [6, 6.07) is 6.62. The maximum atomic E-state index is 6.24. The maximum absolute atomic E-state index is 6.24. The summed E-state index contributed by atoms with van der Waals surface area (Å²) in [4.78, 5) is 4.64. The third-order valence-corrected chi connectivity index (χ3v) is 4.32. The summed E-state index contributed by atoms with van der Waals surface area (Å²) in [6.45, 7) is 5.65. The zero-order chi connectivity index (χ0) is 15.8. The van der Waals surface area contributed by atoms with Gasteiger partial charge in [0.1, 0.15) is 0 Å². The van der Waals surface area contributed by atoms with E-state index < -0.39 is 0 Å². The van der Waals surface area contributed by atoms with Crippen LogP contribution < -0.4 is 16.0 Å². The van der Waals surface area contributed by atoms with Crippen molar-refractivity contribution >= 4 is 11.4 Å². The lowest BCUT2D eigenvalue weighted by atomic mass is 10.1. The van der Waals surface area contributed by atoms with Crippen molar-refractivity contribution in [2.24, 2.45) is 0 Å². The topological polar surface area (TPSA) is 44.5 Å². The monoisotopic (exact) mass is 304 g/mol. The molecule has 0 aromatic heterocycles. The highest BCUT2D eigenvalue weighted by molar-refractivity contribution is 5.68. The number of nitrogen functional groups attached to an aromatic ring is 1. The van der Waals surface area contributed by atoms with E-state index in [1.807, 2.05) is 0 Å². The predicted octanol–water partition coefficient (Wildman–Crippen LogP) is 2.34. The van der Waals surface area contributed by atoms with Crippen molar-refractivity contribution in [3.8, 4) is 0 Å². The number of nitrogens with zero attached hydrogens (tertiary/aromatic N) is 2. The van der Waals surface area contributed by atoms with E-state index in [4.69, 9.17) is 5.73 Å². The Hall–Kier alpha value is -1.26. The Labute approximate surface area is 135 Å².